The van der Waals surface area contributed by atoms with Gasteiger partial charge < -0.3 is 0 Å². The number of benzene rings is 2. The smallest absolute Gasteiger partial charge is 0 e. The van der Waals surface area contributed by atoms with Crippen molar-refractivity contribution in [2.24, 2.45) is 0 Å². The third-order valence-electron chi connectivity index (χ3n) is 2.93. The molecule has 0 spiro atoms. The maximum atomic E-state index is 2.20. The zero-order chi connectivity index (χ0) is 13.4. The van der Waals surface area contributed by atoms with Gasteiger partial charge in [-0.1, -0.05) is 88.4 Å². The molecule has 0 unspecified atom stereocenters. The van der Waals surface area contributed by atoms with Gasteiger partial charge in [0.2, 0.25) is 0 Å². The van der Waals surface area contributed by atoms with Crippen molar-refractivity contribution >= 4 is 0 Å². The fourth-order valence-electron chi connectivity index (χ4n) is 1.68. The van der Waals surface area contributed by atoms with E-state index in [-0.39, 0.29) is 21.1 Å². The molecule has 0 amide bonds. The van der Waals surface area contributed by atoms with Crippen LogP contribution in [0.15, 0.2) is 60.7 Å². The minimum Gasteiger partial charge on any atom is -0.0622 e. The van der Waals surface area contributed by atoms with Crippen LogP contribution >= 0.6 is 0 Å². The summed E-state index contributed by atoms with van der Waals surface area (Å²) in [5.74, 6) is 1.32. The first kappa shape index (κ1) is 18.1. The second-order valence-corrected chi connectivity index (χ2v) is 5.13. The van der Waals surface area contributed by atoms with E-state index in [9.17, 15) is 0 Å². The van der Waals surface area contributed by atoms with Gasteiger partial charge in [-0.05, 0) is 23.0 Å². The standard InChI is InChI=1S/2C9H12.Mo/c2*1-8(2)9-6-4-3-5-7-9;/h2*3-8H,1-2H3;. The molecule has 0 bridgehead atoms. The van der Waals surface area contributed by atoms with Crippen LogP contribution in [0.3, 0.4) is 0 Å². The topological polar surface area (TPSA) is 0 Å². The summed E-state index contributed by atoms with van der Waals surface area (Å²) in [7, 11) is 0. The Morgan fingerprint density at radius 2 is 0.789 bits per heavy atom. The fourth-order valence-corrected chi connectivity index (χ4v) is 1.68. The predicted octanol–water partition coefficient (Wildman–Crippen LogP) is 5.62. The second kappa shape index (κ2) is 9.98. The number of hydrogen-bond donors (Lipinski definition) is 0. The maximum absolute atomic E-state index is 2.20. The molecular weight excluding hydrogens is 312 g/mol. The van der Waals surface area contributed by atoms with Crippen LogP contribution in [0.2, 0.25) is 0 Å². The molecule has 1 heteroatoms. The predicted molar refractivity (Wildman–Crippen MR) is 81.1 cm³/mol. The summed E-state index contributed by atoms with van der Waals surface area (Å²) >= 11 is 0. The minimum atomic E-state index is 0. The molecule has 0 atom stereocenters. The van der Waals surface area contributed by atoms with Crippen molar-refractivity contribution in [1.82, 2.24) is 0 Å². The monoisotopic (exact) mass is 338 g/mol. The number of rotatable bonds is 2. The van der Waals surface area contributed by atoms with Crippen molar-refractivity contribution in [3.05, 3.63) is 71.8 Å². The summed E-state index contributed by atoms with van der Waals surface area (Å²) in [6.45, 7) is 8.81. The summed E-state index contributed by atoms with van der Waals surface area (Å²) in [5, 5.41) is 0. The first-order valence-electron chi connectivity index (χ1n) is 6.71. The zero-order valence-electron chi connectivity index (χ0n) is 12.3. The normalized spacial score (nSPS) is 9.58. The SMILES string of the molecule is CC(C)c1ccccc1.CC(C)c1ccccc1.[Mo]. The average molecular weight is 336 g/mol. The van der Waals surface area contributed by atoms with E-state index in [4.69, 9.17) is 0 Å². The van der Waals surface area contributed by atoms with E-state index < -0.39 is 0 Å². The van der Waals surface area contributed by atoms with Crippen LogP contribution in [-0.4, -0.2) is 0 Å². The van der Waals surface area contributed by atoms with E-state index >= 15 is 0 Å². The summed E-state index contributed by atoms with van der Waals surface area (Å²) in [5.41, 5.74) is 2.83. The van der Waals surface area contributed by atoms with Gasteiger partial charge in [-0.3, -0.25) is 0 Å². The van der Waals surface area contributed by atoms with Crippen molar-refractivity contribution in [3.63, 3.8) is 0 Å². The van der Waals surface area contributed by atoms with Gasteiger partial charge in [0.1, 0.15) is 0 Å². The fraction of sp³-hybridized carbons (Fsp3) is 0.333. The van der Waals surface area contributed by atoms with Crippen molar-refractivity contribution in [1.29, 1.82) is 0 Å². The van der Waals surface area contributed by atoms with E-state index in [1.165, 1.54) is 11.1 Å². The molecule has 2 rings (SSSR count). The average Bonchev–Trinajstić information content (AvgIpc) is 2.41. The zero-order valence-corrected chi connectivity index (χ0v) is 14.3. The van der Waals surface area contributed by atoms with Gasteiger partial charge in [0.25, 0.3) is 0 Å². The van der Waals surface area contributed by atoms with Crippen LogP contribution in [0.4, 0.5) is 0 Å². The third-order valence-corrected chi connectivity index (χ3v) is 2.93. The van der Waals surface area contributed by atoms with E-state index in [0.29, 0.717) is 11.8 Å². The second-order valence-electron chi connectivity index (χ2n) is 5.13. The molecule has 0 N–H and O–H groups in total. The van der Waals surface area contributed by atoms with Crippen LogP contribution in [0.5, 0.6) is 0 Å². The van der Waals surface area contributed by atoms with Crippen molar-refractivity contribution in [2.75, 3.05) is 0 Å². The Kier molecular flexibility index (Phi) is 9.52. The van der Waals surface area contributed by atoms with Gasteiger partial charge in [-0.25, -0.2) is 0 Å². The summed E-state index contributed by atoms with van der Waals surface area (Å²) in [4.78, 5) is 0. The van der Waals surface area contributed by atoms with Crippen LogP contribution in [0.25, 0.3) is 0 Å². The quantitative estimate of drug-likeness (QED) is 0.625. The van der Waals surface area contributed by atoms with Gasteiger partial charge in [-0.2, -0.15) is 0 Å². The summed E-state index contributed by atoms with van der Waals surface area (Å²) < 4.78 is 0. The van der Waals surface area contributed by atoms with Gasteiger partial charge in [0, 0.05) is 21.1 Å². The molecule has 0 aliphatic heterocycles. The molecule has 0 saturated carbocycles. The molecule has 19 heavy (non-hydrogen) atoms. The maximum Gasteiger partial charge on any atom is 0 e. The van der Waals surface area contributed by atoms with Crippen molar-refractivity contribution in [2.45, 2.75) is 39.5 Å². The van der Waals surface area contributed by atoms with E-state index in [1.54, 1.807) is 0 Å². The van der Waals surface area contributed by atoms with E-state index in [1.807, 2.05) is 12.1 Å². The molecule has 0 nitrogen and oxygen atoms in total. The summed E-state index contributed by atoms with van der Waals surface area (Å²) in [6.07, 6.45) is 0. The Bertz CT molecular complexity index is 374. The molecular formula is C18H24Mo. The van der Waals surface area contributed by atoms with Gasteiger partial charge in [-0.15, -0.1) is 0 Å². The molecule has 0 heterocycles. The Morgan fingerprint density at radius 1 is 0.526 bits per heavy atom. The Labute approximate surface area is 132 Å². The molecule has 2 aromatic rings. The Hall–Kier alpha value is -0.872. The molecule has 0 aliphatic carbocycles. The van der Waals surface area contributed by atoms with Crippen LogP contribution in [0.1, 0.15) is 50.7 Å². The van der Waals surface area contributed by atoms with Gasteiger partial charge in [0.05, 0.1) is 0 Å². The summed E-state index contributed by atoms with van der Waals surface area (Å²) in [6, 6.07) is 21.0. The Morgan fingerprint density at radius 3 is 0.947 bits per heavy atom. The molecule has 0 saturated heterocycles. The van der Waals surface area contributed by atoms with Crippen LogP contribution in [0, 0.1) is 0 Å². The molecule has 0 fully saturated rings. The molecule has 0 aliphatic rings. The Balaban J connectivity index is 0.000000324. The molecule has 0 aromatic heterocycles. The van der Waals surface area contributed by atoms with Gasteiger partial charge in [0.15, 0.2) is 0 Å². The first-order valence-corrected chi connectivity index (χ1v) is 6.71. The third kappa shape index (κ3) is 7.33. The van der Waals surface area contributed by atoms with E-state index in [2.05, 4.69) is 76.2 Å². The van der Waals surface area contributed by atoms with Crippen LogP contribution < -0.4 is 0 Å². The van der Waals surface area contributed by atoms with Crippen molar-refractivity contribution in [3.8, 4) is 0 Å². The molecule has 102 valence electrons. The molecule has 2 aromatic carbocycles. The number of hydrogen-bond acceptors (Lipinski definition) is 0. The first-order chi connectivity index (χ1) is 8.61. The largest absolute Gasteiger partial charge is 0.0622 e. The van der Waals surface area contributed by atoms with Crippen LogP contribution in [-0.2, 0) is 21.1 Å². The van der Waals surface area contributed by atoms with E-state index in [0.717, 1.165) is 0 Å². The van der Waals surface area contributed by atoms with Crippen molar-refractivity contribution < 1.29 is 21.1 Å². The van der Waals surface area contributed by atoms with Gasteiger partial charge >= 0.3 is 0 Å². The molecule has 0 radical (unpaired) electrons. The minimum absolute atomic E-state index is 0.